The highest BCUT2D eigenvalue weighted by Gasteiger charge is 2.28. The Morgan fingerprint density at radius 3 is 2.33 bits per heavy atom. The van der Waals surface area contributed by atoms with Crippen LogP contribution in [0.15, 0.2) is 18.3 Å². The third-order valence-corrected chi connectivity index (χ3v) is 4.88. The lowest BCUT2D eigenvalue weighted by atomic mass is 10.3. The van der Waals surface area contributed by atoms with Crippen molar-refractivity contribution in [3.8, 4) is 0 Å². The Balaban J connectivity index is 2.93. The maximum atomic E-state index is 11.8. The van der Waals surface area contributed by atoms with Crippen LogP contribution in [0.4, 0.5) is 0 Å². The summed E-state index contributed by atoms with van der Waals surface area (Å²) in [5, 5.41) is 0.368. The van der Waals surface area contributed by atoms with Crippen LogP contribution in [-0.2, 0) is 15.6 Å². The fraction of sp³-hybridized carbons (Fsp3) is 0.500. The van der Waals surface area contributed by atoms with E-state index in [0.717, 1.165) is 0 Å². The highest BCUT2D eigenvalue weighted by Crippen LogP contribution is 2.20. The maximum absolute atomic E-state index is 11.8. The van der Waals surface area contributed by atoms with Gasteiger partial charge < -0.3 is 0 Å². The molecule has 0 aliphatic rings. The molecule has 0 saturated heterocycles. The molecule has 0 saturated carbocycles. The van der Waals surface area contributed by atoms with E-state index in [0.29, 0.717) is 10.7 Å². The zero-order chi connectivity index (χ0) is 11.7. The van der Waals surface area contributed by atoms with Gasteiger partial charge in [-0.05, 0) is 32.4 Å². The van der Waals surface area contributed by atoms with E-state index in [1.807, 2.05) is 0 Å². The lowest BCUT2D eigenvalue weighted by molar-refractivity contribution is 0.559. The standard InChI is InChI=1S/C10H14ClNO2S/c1-10(2,3)15(13,14)7-8-4-5-9(11)12-6-8/h4-6H,7H2,1-3H3. The number of rotatable bonds is 2. The van der Waals surface area contributed by atoms with Crippen molar-refractivity contribution in [2.45, 2.75) is 31.3 Å². The van der Waals surface area contributed by atoms with Crippen molar-refractivity contribution in [2.75, 3.05) is 0 Å². The number of halogens is 1. The van der Waals surface area contributed by atoms with Gasteiger partial charge in [-0.3, -0.25) is 0 Å². The average molecular weight is 248 g/mol. The van der Waals surface area contributed by atoms with Gasteiger partial charge in [-0.1, -0.05) is 17.7 Å². The summed E-state index contributed by atoms with van der Waals surface area (Å²) in [6.07, 6.45) is 1.49. The molecule has 0 aliphatic carbocycles. The fourth-order valence-electron chi connectivity index (χ4n) is 0.928. The number of hydrogen-bond acceptors (Lipinski definition) is 3. The van der Waals surface area contributed by atoms with E-state index in [2.05, 4.69) is 4.98 Å². The lowest BCUT2D eigenvalue weighted by Crippen LogP contribution is -2.29. The Morgan fingerprint density at radius 2 is 1.93 bits per heavy atom. The second-order valence-electron chi connectivity index (χ2n) is 4.36. The van der Waals surface area contributed by atoms with Crippen LogP contribution in [0.25, 0.3) is 0 Å². The van der Waals surface area contributed by atoms with E-state index < -0.39 is 14.6 Å². The molecule has 0 N–H and O–H groups in total. The van der Waals surface area contributed by atoms with Crippen molar-refractivity contribution < 1.29 is 8.42 Å². The molecular formula is C10H14ClNO2S. The van der Waals surface area contributed by atoms with E-state index in [9.17, 15) is 8.42 Å². The molecule has 0 amide bonds. The van der Waals surface area contributed by atoms with E-state index in [-0.39, 0.29) is 5.75 Å². The van der Waals surface area contributed by atoms with Crippen LogP contribution >= 0.6 is 11.6 Å². The van der Waals surface area contributed by atoms with Gasteiger partial charge >= 0.3 is 0 Å². The van der Waals surface area contributed by atoms with E-state index in [1.54, 1.807) is 32.9 Å². The third-order valence-electron chi connectivity index (χ3n) is 2.08. The lowest BCUT2D eigenvalue weighted by Gasteiger charge is -2.18. The molecule has 1 rings (SSSR count). The highest BCUT2D eigenvalue weighted by molar-refractivity contribution is 7.91. The van der Waals surface area contributed by atoms with Gasteiger partial charge in [0.2, 0.25) is 0 Å². The fourth-order valence-corrected chi connectivity index (χ4v) is 2.08. The summed E-state index contributed by atoms with van der Waals surface area (Å²) in [4.78, 5) is 3.85. The molecular weight excluding hydrogens is 234 g/mol. The van der Waals surface area contributed by atoms with Crippen molar-refractivity contribution in [1.82, 2.24) is 4.98 Å². The molecule has 0 aliphatic heterocycles. The Bertz CT molecular complexity index is 431. The van der Waals surface area contributed by atoms with Crippen LogP contribution < -0.4 is 0 Å². The van der Waals surface area contributed by atoms with Crippen molar-refractivity contribution in [3.05, 3.63) is 29.0 Å². The summed E-state index contributed by atoms with van der Waals surface area (Å²) >= 11 is 5.61. The Morgan fingerprint density at radius 1 is 1.33 bits per heavy atom. The van der Waals surface area contributed by atoms with Gasteiger partial charge in [0.05, 0.1) is 10.5 Å². The summed E-state index contributed by atoms with van der Waals surface area (Å²) in [6, 6.07) is 3.27. The highest BCUT2D eigenvalue weighted by atomic mass is 35.5. The third kappa shape index (κ3) is 3.18. The minimum Gasteiger partial charge on any atom is -0.244 e. The second kappa shape index (κ2) is 4.10. The zero-order valence-corrected chi connectivity index (χ0v) is 10.6. The normalized spacial score (nSPS) is 12.8. The van der Waals surface area contributed by atoms with Crippen LogP contribution in [0.3, 0.4) is 0 Å². The Hall–Kier alpha value is -0.610. The summed E-state index contributed by atoms with van der Waals surface area (Å²) in [7, 11) is -3.15. The number of sulfone groups is 1. The van der Waals surface area contributed by atoms with Gasteiger partial charge in [-0.25, -0.2) is 13.4 Å². The summed E-state index contributed by atoms with van der Waals surface area (Å²) in [6.45, 7) is 5.06. The SMILES string of the molecule is CC(C)(C)S(=O)(=O)Cc1ccc(Cl)nc1. The predicted octanol–water partition coefficient (Wildman–Crippen LogP) is 2.45. The first-order valence-electron chi connectivity index (χ1n) is 4.55. The molecule has 0 radical (unpaired) electrons. The molecule has 84 valence electrons. The van der Waals surface area contributed by atoms with Crippen LogP contribution in [0.5, 0.6) is 0 Å². The monoisotopic (exact) mass is 247 g/mol. The molecule has 0 atom stereocenters. The largest absolute Gasteiger partial charge is 0.244 e. The predicted molar refractivity (Wildman–Crippen MR) is 61.6 cm³/mol. The van der Waals surface area contributed by atoms with E-state index in [1.165, 1.54) is 6.20 Å². The van der Waals surface area contributed by atoms with Gasteiger partial charge in [0.25, 0.3) is 0 Å². The molecule has 3 nitrogen and oxygen atoms in total. The molecule has 5 heteroatoms. The smallest absolute Gasteiger partial charge is 0.159 e. The van der Waals surface area contributed by atoms with Gasteiger partial charge in [0.15, 0.2) is 9.84 Å². The Labute approximate surface area is 95.4 Å². The number of hydrogen-bond donors (Lipinski definition) is 0. The number of pyridine rings is 1. The summed E-state index contributed by atoms with van der Waals surface area (Å²) in [5.41, 5.74) is 0.661. The van der Waals surface area contributed by atoms with Gasteiger partial charge in [-0.2, -0.15) is 0 Å². The van der Waals surface area contributed by atoms with Gasteiger partial charge in [-0.15, -0.1) is 0 Å². The molecule has 0 spiro atoms. The minimum absolute atomic E-state index is 0.000664. The molecule has 0 aromatic carbocycles. The maximum Gasteiger partial charge on any atom is 0.159 e. The van der Waals surface area contributed by atoms with Crippen molar-refractivity contribution in [3.63, 3.8) is 0 Å². The quantitative estimate of drug-likeness (QED) is 0.755. The topological polar surface area (TPSA) is 47.0 Å². The van der Waals surface area contributed by atoms with E-state index >= 15 is 0 Å². The number of nitrogens with zero attached hydrogens (tertiary/aromatic N) is 1. The van der Waals surface area contributed by atoms with Crippen LogP contribution in [0, 0.1) is 0 Å². The molecule has 0 bridgehead atoms. The molecule has 1 aromatic heterocycles. The van der Waals surface area contributed by atoms with Crippen molar-refractivity contribution in [2.24, 2.45) is 0 Å². The first-order valence-corrected chi connectivity index (χ1v) is 6.58. The zero-order valence-electron chi connectivity index (χ0n) is 8.99. The molecule has 0 unspecified atom stereocenters. The van der Waals surface area contributed by atoms with Crippen molar-refractivity contribution >= 4 is 21.4 Å². The minimum atomic E-state index is -3.15. The first kappa shape index (κ1) is 12.5. The molecule has 15 heavy (non-hydrogen) atoms. The second-order valence-corrected chi connectivity index (χ2v) is 7.49. The summed E-state index contributed by atoms with van der Waals surface area (Å²) < 4.78 is 22.9. The van der Waals surface area contributed by atoms with Crippen LogP contribution in [-0.4, -0.2) is 18.1 Å². The first-order chi connectivity index (χ1) is 6.72. The van der Waals surface area contributed by atoms with Crippen LogP contribution in [0.1, 0.15) is 26.3 Å². The van der Waals surface area contributed by atoms with Crippen LogP contribution in [0.2, 0.25) is 5.15 Å². The van der Waals surface area contributed by atoms with Gasteiger partial charge in [0.1, 0.15) is 5.15 Å². The average Bonchev–Trinajstić information content (AvgIpc) is 2.06. The Kier molecular flexibility index (Phi) is 3.41. The van der Waals surface area contributed by atoms with E-state index in [4.69, 9.17) is 11.6 Å². The number of aromatic nitrogens is 1. The van der Waals surface area contributed by atoms with Gasteiger partial charge in [0, 0.05) is 6.20 Å². The van der Waals surface area contributed by atoms with Crippen molar-refractivity contribution in [1.29, 1.82) is 0 Å². The molecule has 1 aromatic rings. The molecule has 0 fully saturated rings. The molecule has 1 heterocycles. The summed E-state index contributed by atoms with van der Waals surface area (Å²) in [5.74, 6) is 0.000664.